The Bertz CT molecular complexity index is 468. The summed E-state index contributed by atoms with van der Waals surface area (Å²) in [6.07, 6.45) is -0.659. The van der Waals surface area contributed by atoms with Gasteiger partial charge in [0.1, 0.15) is 6.61 Å². The first kappa shape index (κ1) is 15.7. The Hall–Kier alpha value is -2.37. The fraction of sp³-hybridized carbons (Fsp3) is 0.357. The zero-order valence-corrected chi connectivity index (χ0v) is 10.8. The maximum atomic E-state index is 11.5. The van der Waals surface area contributed by atoms with Crippen molar-refractivity contribution < 1.29 is 29.3 Å². The maximum Gasteiger partial charge on any atom is 0.307 e. The maximum absolute atomic E-state index is 11.5. The van der Waals surface area contributed by atoms with Gasteiger partial charge in [-0.2, -0.15) is 0 Å². The van der Waals surface area contributed by atoms with Gasteiger partial charge in [-0.15, -0.1) is 0 Å². The van der Waals surface area contributed by atoms with Gasteiger partial charge in [0.15, 0.2) is 0 Å². The van der Waals surface area contributed by atoms with Gasteiger partial charge in [0.2, 0.25) is 0 Å². The molecule has 6 heteroatoms. The van der Waals surface area contributed by atoms with Gasteiger partial charge >= 0.3 is 17.9 Å². The third kappa shape index (κ3) is 5.99. The van der Waals surface area contributed by atoms with Crippen LogP contribution in [0, 0.1) is 5.92 Å². The van der Waals surface area contributed by atoms with Crippen molar-refractivity contribution in [3.8, 4) is 0 Å². The van der Waals surface area contributed by atoms with Crippen molar-refractivity contribution in [2.75, 3.05) is 0 Å². The predicted molar refractivity (Wildman–Crippen MR) is 68.9 cm³/mol. The lowest BCUT2D eigenvalue weighted by atomic mass is 10.00. The van der Waals surface area contributed by atoms with Gasteiger partial charge < -0.3 is 14.9 Å². The number of hydrogen-bond acceptors (Lipinski definition) is 4. The van der Waals surface area contributed by atoms with E-state index in [2.05, 4.69) is 0 Å². The number of rotatable bonds is 8. The molecule has 2 N–H and O–H groups in total. The van der Waals surface area contributed by atoms with Crippen LogP contribution in [-0.2, 0) is 25.7 Å². The van der Waals surface area contributed by atoms with E-state index < -0.39 is 30.2 Å². The predicted octanol–water partition coefficient (Wildman–Crippen LogP) is 1.69. The minimum absolute atomic E-state index is 0.0464. The van der Waals surface area contributed by atoms with Gasteiger partial charge in [-0.3, -0.25) is 14.4 Å². The number of esters is 1. The van der Waals surface area contributed by atoms with Crippen molar-refractivity contribution in [1.29, 1.82) is 0 Å². The van der Waals surface area contributed by atoms with Crippen molar-refractivity contribution in [2.45, 2.75) is 25.9 Å². The van der Waals surface area contributed by atoms with Crippen LogP contribution >= 0.6 is 0 Å². The van der Waals surface area contributed by atoms with Crippen LogP contribution in [0.2, 0.25) is 0 Å². The van der Waals surface area contributed by atoms with Crippen molar-refractivity contribution in [3.63, 3.8) is 0 Å². The van der Waals surface area contributed by atoms with Crippen molar-refractivity contribution >= 4 is 17.9 Å². The van der Waals surface area contributed by atoms with Crippen LogP contribution in [-0.4, -0.2) is 28.1 Å². The van der Waals surface area contributed by atoms with Crippen LogP contribution in [0.5, 0.6) is 0 Å². The van der Waals surface area contributed by atoms with Gasteiger partial charge in [0, 0.05) is 6.42 Å². The van der Waals surface area contributed by atoms with Crippen LogP contribution in [0.4, 0.5) is 0 Å². The largest absolute Gasteiger partial charge is 0.481 e. The summed E-state index contributed by atoms with van der Waals surface area (Å²) in [6, 6.07) is 9.08. The summed E-state index contributed by atoms with van der Waals surface area (Å²) < 4.78 is 4.98. The highest BCUT2D eigenvalue weighted by atomic mass is 16.5. The normalized spacial score (nSPS) is 11.6. The summed E-state index contributed by atoms with van der Waals surface area (Å²) in [5.74, 6) is -4.03. The molecule has 0 radical (unpaired) electrons. The van der Waals surface area contributed by atoms with E-state index in [0.717, 1.165) is 5.56 Å². The van der Waals surface area contributed by atoms with Gasteiger partial charge in [-0.1, -0.05) is 30.3 Å². The molecule has 0 saturated heterocycles. The Labute approximate surface area is 116 Å². The summed E-state index contributed by atoms with van der Waals surface area (Å²) >= 11 is 0. The number of carbonyl (C=O) groups excluding carboxylic acids is 1. The Morgan fingerprint density at radius 1 is 1.10 bits per heavy atom. The van der Waals surface area contributed by atoms with E-state index in [0.29, 0.717) is 0 Å². The average molecular weight is 280 g/mol. The summed E-state index contributed by atoms with van der Waals surface area (Å²) in [4.78, 5) is 32.8. The van der Waals surface area contributed by atoms with Crippen LogP contribution in [0.1, 0.15) is 24.8 Å². The minimum atomic E-state index is -1.22. The molecule has 1 aromatic carbocycles. The van der Waals surface area contributed by atoms with Crippen LogP contribution < -0.4 is 0 Å². The highest BCUT2D eigenvalue weighted by Gasteiger charge is 2.22. The Balaban J connectivity index is 2.34. The molecule has 0 bridgehead atoms. The molecule has 0 saturated carbocycles. The highest BCUT2D eigenvalue weighted by molar-refractivity contribution is 5.78. The number of aliphatic carboxylic acids is 2. The van der Waals surface area contributed by atoms with Gasteiger partial charge in [-0.05, 0) is 12.0 Å². The number of hydrogen-bond donors (Lipinski definition) is 2. The molecular weight excluding hydrogens is 264 g/mol. The molecule has 0 heterocycles. The third-order valence-electron chi connectivity index (χ3n) is 2.71. The second-order valence-electron chi connectivity index (χ2n) is 4.32. The fourth-order valence-electron chi connectivity index (χ4n) is 1.63. The number of carboxylic acid groups (broad SMARTS) is 2. The molecule has 0 aliphatic rings. The van der Waals surface area contributed by atoms with E-state index in [9.17, 15) is 14.4 Å². The van der Waals surface area contributed by atoms with Crippen LogP contribution in [0.15, 0.2) is 30.3 Å². The number of carbonyl (C=O) groups is 3. The topological polar surface area (TPSA) is 101 Å². The summed E-state index contributed by atoms with van der Waals surface area (Å²) in [7, 11) is 0. The number of ether oxygens (including phenoxy) is 1. The molecular formula is C14H16O6. The van der Waals surface area contributed by atoms with Crippen LogP contribution in [0.25, 0.3) is 0 Å². The monoisotopic (exact) mass is 280 g/mol. The lowest BCUT2D eigenvalue weighted by Gasteiger charge is -2.09. The smallest absolute Gasteiger partial charge is 0.307 e. The summed E-state index contributed by atoms with van der Waals surface area (Å²) in [6.45, 7) is 0.121. The number of carboxylic acids is 2. The summed E-state index contributed by atoms with van der Waals surface area (Å²) in [5, 5.41) is 17.4. The lowest BCUT2D eigenvalue weighted by molar-refractivity contribution is -0.150. The molecule has 20 heavy (non-hydrogen) atoms. The van der Waals surface area contributed by atoms with Crippen molar-refractivity contribution in [1.82, 2.24) is 0 Å². The van der Waals surface area contributed by atoms with E-state index in [1.165, 1.54) is 0 Å². The van der Waals surface area contributed by atoms with E-state index in [-0.39, 0.29) is 19.4 Å². The van der Waals surface area contributed by atoms with Crippen LogP contribution in [0.3, 0.4) is 0 Å². The first-order valence-electron chi connectivity index (χ1n) is 6.13. The molecule has 0 aliphatic heterocycles. The molecule has 0 fully saturated rings. The molecule has 0 aromatic heterocycles. The first-order valence-corrected chi connectivity index (χ1v) is 6.13. The summed E-state index contributed by atoms with van der Waals surface area (Å²) in [5.41, 5.74) is 0.834. The molecule has 0 amide bonds. The van der Waals surface area contributed by atoms with E-state index in [1.807, 2.05) is 18.2 Å². The Kier molecular flexibility index (Phi) is 6.22. The molecule has 0 aliphatic carbocycles. The standard InChI is InChI=1S/C14H16O6/c15-12(16)8-11(14(18)19)6-7-13(17)20-9-10-4-2-1-3-5-10/h1-5,11H,6-9H2,(H,15,16)(H,18,19)/t11-/m1/s1. The number of benzene rings is 1. The molecule has 108 valence electrons. The van der Waals surface area contributed by atoms with E-state index >= 15 is 0 Å². The minimum Gasteiger partial charge on any atom is -0.481 e. The molecule has 1 rings (SSSR count). The Morgan fingerprint density at radius 2 is 1.75 bits per heavy atom. The SMILES string of the molecule is O=C(O)C[C@@H](CCC(=O)OCc1ccccc1)C(=O)O. The quantitative estimate of drug-likeness (QED) is 0.703. The van der Waals surface area contributed by atoms with Gasteiger partial charge in [-0.25, -0.2) is 0 Å². The van der Waals surface area contributed by atoms with E-state index in [4.69, 9.17) is 14.9 Å². The zero-order chi connectivity index (χ0) is 15.0. The second kappa shape index (κ2) is 7.93. The second-order valence-corrected chi connectivity index (χ2v) is 4.32. The fourth-order valence-corrected chi connectivity index (χ4v) is 1.63. The van der Waals surface area contributed by atoms with Crippen molar-refractivity contribution in [3.05, 3.63) is 35.9 Å². The van der Waals surface area contributed by atoms with E-state index in [1.54, 1.807) is 12.1 Å². The molecule has 1 aromatic rings. The average Bonchev–Trinajstić information content (AvgIpc) is 2.41. The molecule has 6 nitrogen and oxygen atoms in total. The zero-order valence-electron chi connectivity index (χ0n) is 10.8. The van der Waals surface area contributed by atoms with Crippen molar-refractivity contribution in [2.24, 2.45) is 5.92 Å². The Morgan fingerprint density at radius 3 is 2.30 bits per heavy atom. The highest BCUT2D eigenvalue weighted by Crippen LogP contribution is 2.13. The van der Waals surface area contributed by atoms with Gasteiger partial charge in [0.05, 0.1) is 12.3 Å². The third-order valence-corrected chi connectivity index (χ3v) is 2.71. The molecule has 1 atom stereocenters. The lowest BCUT2D eigenvalue weighted by Crippen LogP contribution is -2.19. The molecule has 0 unspecified atom stereocenters. The molecule has 0 spiro atoms. The van der Waals surface area contributed by atoms with Gasteiger partial charge in [0.25, 0.3) is 0 Å². The first-order chi connectivity index (χ1) is 9.49.